The van der Waals surface area contributed by atoms with Gasteiger partial charge in [0.05, 0.1) is 0 Å². The zero-order chi connectivity index (χ0) is 18.6. The molecule has 0 spiro atoms. The maximum absolute atomic E-state index is 11.6. The van der Waals surface area contributed by atoms with Gasteiger partial charge >= 0.3 is 169 Å². The van der Waals surface area contributed by atoms with E-state index in [0.717, 1.165) is 25.7 Å². The van der Waals surface area contributed by atoms with Gasteiger partial charge in [0.25, 0.3) is 0 Å². The van der Waals surface area contributed by atoms with Crippen LogP contribution in [-0.4, -0.2) is 37.1 Å². The molecule has 0 saturated heterocycles. The average Bonchev–Trinajstić information content (AvgIpc) is 2.60. The molecule has 0 bridgehead atoms. The van der Waals surface area contributed by atoms with Crippen molar-refractivity contribution in [3.05, 3.63) is 0 Å². The van der Waals surface area contributed by atoms with Crippen LogP contribution in [0.3, 0.4) is 0 Å². The van der Waals surface area contributed by atoms with Gasteiger partial charge in [0.2, 0.25) is 0 Å². The van der Waals surface area contributed by atoms with E-state index < -0.39 is 25.1 Å². The standard InChI is InChI=1S/2C10H20O2.Pb/c2*1-2-3-4-5-6-7-8-9-10(11)12;/h2*2-9H2,1H3,(H,11,12);/q;;+2/p-2. The van der Waals surface area contributed by atoms with E-state index in [4.69, 9.17) is 5.37 Å². The Morgan fingerprint density at radius 3 is 1.24 bits per heavy atom. The van der Waals surface area contributed by atoms with Crippen molar-refractivity contribution in [2.45, 2.75) is 117 Å². The summed E-state index contributed by atoms with van der Waals surface area (Å²) < 4.78 is 10.3. The van der Waals surface area contributed by atoms with Crippen LogP contribution in [0.25, 0.3) is 0 Å². The molecule has 0 N–H and O–H groups in total. The van der Waals surface area contributed by atoms with Crippen LogP contribution in [-0.2, 0) is 15.0 Å². The third-order valence-corrected chi connectivity index (χ3v) is 6.70. The van der Waals surface area contributed by atoms with E-state index in [1.165, 1.54) is 64.2 Å². The molecule has 0 heterocycles. The van der Waals surface area contributed by atoms with Crippen LogP contribution in [0.1, 0.15) is 117 Å². The molecule has 0 aromatic carbocycles. The topological polar surface area (TPSA) is 52.6 Å². The first-order chi connectivity index (χ1) is 12.2. The summed E-state index contributed by atoms with van der Waals surface area (Å²) >= 11 is -1.99. The predicted molar refractivity (Wildman–Crippen MR) is 103 cm³/mol. The predicted octanol–water partition coefficient (Wildman–Crippen LogP) is 5.89. The summed E-state index contributed by atoms with van der Waals surface area (Å²) in [5.74, 6) is -0.360. The van der Waals surface area contributed by atoms with Crippen LogP contribution < -0.4 is 0 Å². The molecular weight excluding hydrogens is 511 g/mol. The van der Waals surface area contributed by atoms with E-state index in [1.54, 1.807) is 0 Å². The Morgan fingerprint density at radius 2 is 0.880 bits per heavy atom. The van der Waals surface area contributed by atoms with Gasteiger partial charge < -0.3 is 0 Å². The van der Waals surface area contributed by atoms with Crippen LogP contribution in [0.2, 0.25) is 0 Å². The average molecular weight is 550 g/mol. The molecule has 2 radical (unpaired) electrons. The number of hydrogen-bond acceptors (Lipinski definition) is 4. The Kier molecular flexibility index (Phi) is 20.1. The van der Waals surface area contributed by atoms with Gasteiger partial charge in [-0.2, -0.15) is 0 Å². The molecule has 0 rings (SSSR count). The molecule has 146 valence electrons. The van der Waals surface area contributed by atoms with Crippen molar-refractivity contribution in [3.8, 4) is 0 Å². The second kappa shape index (κ2) is 20.2. The molecular formula is C20H38O4Pb. The van der Waals surface area contributed by atoms with E-state index in [0.29, 0.717) is 12.8 Å². The number of carbonyl (C=O) groups is 2. The van der Waals surface area contributed by atoms with E-state index >= 15 is 0 Å². The second-order valence-corrected chi connectivity index (χ2v) is 9.01. The number of rotatable bonds is 18. The Balaban J connectivity index is 3.32. The third kappa shape index (κ3) is 20.0. The first kappa shape index (κ1) is 24.9. The summed E-state index contributed by atoms with van der Waals surface area (Å²) in [4.78, 5) is 23.2. The van der Waals surface area contributed by atoms with Crippen LogP contribution in [0.4, 0.5) is 0 Å². The van der Waals surface area contributed by atoms with Gasteiger partial charge in [0, 0.05) is 0 Å². The van der Waals surface area contributed by atoms with Crippen molar-refractivity contribution in [1.29, 1.82) is 0 Å². The van der Waals surface area contributed by atoms with Crippen LogP contribution in [0, 0.1) is 0 Å². The molecule has 0 aliphatic rings. The Morgan fingerprint density at radius 1 is 0.560 bits per heavy atom. The molecule has 0 fully saturated rings. The van der Waals surface area contributed by atoms with Crippen molar-refractivity contribution < 1.29 is 15.0 Å². The fourth-order valence-electron chi connectivity index (χ4n) is 2.67. The molecule has 0 amide bonds. The maximum atomic E-state index is 11.6. The van der Waals surface area contributed by atoms with Crippen molar-refractivity contribution >= 4 is 37.1 Å². The zero-order valence-corrected chi connectivity index (χ0v) is 20.3. The molecule has 0 aromatic rings. The fourth-order valence-corrected chi connectivity index (χ4v) is 4.35. The van der Waals surface area contributed by atoms with Crippen LogP contribution >= 0.6 is 0 Å². The van der Waals surface area contributed by atoms with Crippen LogP contribution in [0.5, 0.6) is 0 Å². The molecule has 25 heavy (non-hydrogen) atoms. The third-order valence-electron chi connectivity index (χ3n) is 4.28. The summed E-state index contributed by atoms with van der Waals surface area (Å²) in [6.45, 7) is 4.42. The van der Waals surface area contributed by atoms with E-state index in [9.17, 15) is 9.59 Å². The number of hydrogen-bond donors (Lipinski definition) is 0. The van der Waals surface area contributed by atoms with Gasteiger partial charge in [0.15, 0.2) is 0 Å². The van der Waals surface area contributed by atoms with Gasteiger partial charge in [-0.05, 0) is 0 Å². The minimum absolute atomic E-state index is 0.180. The summed E-state index contributed by atoms with van der Waals surface area (Å²) in [5.41, 5.74) is 0. The van der Waals surface area contributed by atoms with Gasteiger partial charge in [0.1, 0.15) is 0 Å². The van der Waals surface area contributed by atoms with Gasteiger partial charge in [-0.3, -0.25) is 0 Å². The summed E-state index contributed by atoms with van der Waals surface area (Å²) in [5, 5.41) is 0. The first-order valence-corrected chi connectivity index (χ1v) is 13.5. The molecule has 0 aromatic heterocycles. The molecule has 0 saturated carbocycles. The SMILES string of the molecule is CCCCCCCCCC(=O)[O][Pb][O]C(=O)CCCCCCCCC. The summed E-state index contributed by atoms with van der Waals surface area (Å²) in [6, 6.07) is 0. The second-order valence-electron chi connectivity index (χ2n) is 6.77. The van der Waals surface area contributed by atoms with Gasteiger partial charge in [-0.15, -0.1) is 0 Å². The molecule has 0 aliphatic heterocycles. The first-order valence-electron chi connectivity index (χ1n) is 10.3. The quantitative estimate of drug-likeness (QED) is 0.158. The number of carbonyl (C=O) groups excluding carboxylic acids is 2. The van der Waals surface area contributed by atoms with Crippen molar-refractivity contribution in [3.63, 3.8) is 0 Å². The monoisotopic (exact) mass is 550 g/mol. The Bertz CT molecular complexity index is 291. The van der Waals surface area contributed by atoms with Crippen molar-refractivity contribution in [2.24, 2.45) is 0 Å². The molecule has 0 unspecified atom stereocenters. The zero-order valence-electron chi connectivity index (χ0n) is 16.4. The summed E-state index contributed by atoms with van der Waals surface area (Å²) in [7, 11) is 0. The number of unbranched alkanes of at least 4 members (excludes halogenated alkanes) is 12. The van der Waals surface area contributed by atoms with Crippen LogP contribution in [0.15, 0.2) is 0 Å². The van der Waals surface area contributed by atoms with E-state index in [2.05, 4.69) is 13.8 Å². The van der Waals surface area contributed by atoms with Crippen molar-refractivity contribution in [1.82, 2.24) is 0 Å². The van der Waals surface area contributed by atoms with Gasteiger partial charge in [-0.25, -0.2) is 0 Å². The normalized spacial score (nSPS) is 10.6. The molecule has 5 heteroatoms. The fraction of sp³-hybridized carbons (Fsp3) is 0.900. The minimum atomic E-state index is -1.99. The van der Waals surface area contributed by atoms with E-state index in [1.807, 2.05) is 0 Å². The molecule has 4 nitrogen and oxygen atoms in total. The Labute approximate surface area is 168 Å². The Hall–Kier alpha value is -0.138. The van der Waals surface area contributed by atoms with E-state index in [-0.39, 0.29) is 11.9 Å². The van der Waals surface area contributed by atoms with Gasteiger partial charge in [-0.1, -0.05) is 0 Å². The summed E-state index contributed by atoms with van der Waals surface area (Å²) in [6.07, 6.45) is 17.5. The van der Waals surface area contributed by atoms with Crippen molar-refractivity contribution in [2.75, 3.05) is 0 Å². The molecule has 0 atom stereocenters. The molecule has 0 aliphatic carbocycles.